The van der Waals surface area contributed by atoms with Crippen LogP contribution < -0.4 is 4.74 Å². The lowest BCUT2D eigenvalue weighted by atomic mass is 9.95. The number of ether oxygens (including phenoxy) is 1. The summed E-state index contributed by atoms with van der Waals surface area (Å²) in [4.78, 5) is 19.1. The van der Waals surface area contributed by atoms with Crippen molar-refractivity contribution in [3.8, 4) is 23.3 Å². The number of piperidine rings is 1. The Kier molecular flexibility index (Phi) is 5.25. The molecule has 2 aromatic carbocycles. The smallest absolute Gasteiger partial charge is 0.261 e. The molecular formula is C22H20N4O3. The van der Waals surface area contributed by atoms with Crippen LogP contribution in [0.5, 0.6) is 5.75 Å². The van der Waals surface area contributed by atoms with Crippen LogP contribution in [-0.2, 0) is 0 Å². The Morgan fingerprint density at radius 2 is 2.00 bits per heavy atom. The molecule has 1 saturated heterocycles. The van der Waals surface area contributed by atoms with Crippen molar-refractivity contribution in [3.05, 3.63) is 65.5 Å². The summed E-state index contributed by atoms with van der Waals surface area (Å²) in [6.45, 7) is 1.22. The van der Waals surface area contributed by atoms with Gasteiger partial charge in [0, 0.05) is 24.6 Å². The van der Waals surface area contributed by atoms with Crippen LogP contribution in [0.2, 0.25) is 0 Å². The zero-order chi connectivity index (χ0) is 20.2. The number of hydrogen-bond acceptors (Lipinski definition) is 6. The fraction of sp³-hybridized carbons (Fsp3) is 0.273. The SMILES string of the molecule is COc1ccccc1-c1nc(C2CCN(C(=O)c3cccc(C#N)c3)CC2)no1. The zero-order valence-corrected chi connectivity index (χ0v) is 16.0. The number of carbonyl (C=O) groups is 1. The van der Waals surface area contributed by atoms with E-state index in [1.165, 1.54) is 0 Å². The molecule has 0 spiro atoms. The zero-order valence-electron chi connectivity index (χ0n) is 16.0. The number of amides is 1. The minimum Gasteiger partial charge on any atom is -0.496 e. The van der Waals surface area contributed by atoms with Gasteiger partial charge in [-0.25, -0.2) is 0 Å². The molecule has 4 rings (SSSR count). The highest BCUT2D eigenvalue weighted by molar-refractivity contribution is 5.94. The van der Waals surface area contributed by atoms with Crippen molar-refractivity contribution < 1.29 is 14.1 Å². The maximum absolute atomic E-state index is 12.7. The van der Waals surface area contributed by atoms with E-state index in [1.54, 1.807) is 31.4 Å². The van der Waals surface area contributed by atoms with Gasteiger partial charge in [-0.05, 0) is 43.2 Å². The molecule has 146 valence electrons. The minimum absolute atomic E-state index is 0.0524. The van der Waals surface area contributed by atoms with E-state index in [9.17, 15) is 4.79 Å². The molecule has 2 heterocycles. The van der Waals surface area contributed by atoms with E-state index in [2.05, 4.69) is 16.2 Å². The molecule has 1 aliphatic rings. The van der Waals surface area contributed by atoms with Crippen LogP contribution >= 0.6 is 0 Å². The fourth-order valence-corrected chi connectivity index (χ4v) is 3.58. The summed E-state index contributed by atoms with van der Waals surface area (Å²) in [6, 6.07) is 16.4. The fourth-order valence-electron chi connectivity index (χ4n) is 3.58. The number of aromatic nitrogens is 2. The molecule has 1 amide bonds. The highest BCUT2D eigenvalue weighted by atomic mass is 16.5. The summed E-state index contributed by atoms with van der Waals surface area (Å²) < 4.78 is 10.8. The van der Waals surface area contributed by atoms with Gasteiger partial charge in [-0.2, -0.15) is 10.2 Å². The Bertz CT molecular complexity index is 1060. The van der Waals surface area contributed by atoms with Gasteiger partial charge in [0.15, 0.2) is 5.82 Å². The molecule has 3 aromatic rings. The predicted molar refractivity (Wildman–Crippen MR) is 105 cm³/mol. The molecule has 7 nitrogen and oxygen atoms in total. The molecule has 1 aliphatic heterocycles. The number of benzene rings is 2. The van der Waals surface area contributed by atoms with Gasteiger partial charge in [0.2, 0.25) is 0 Å². The second kappa shape index (κ2) is 8.15. The minimum atomic E-state index is -0.0524. The highest BCUT2D eigenvalue weighted by Gasteiger charge is 2.28. The van der Waals surface area contributed by atoms with Crippen LogP contribution in [0.1, 0.15) is 40.5 Å². The Labute approximate surface area is 168 Å². The molecule has 0 atom stereocenters. The van der Waals surface area contributed by atoms with Gasteiger partial charge in [-0.1, -0.05) is 23.4 Å². The molecule has 0 radical (unpaired) electrons. The van der Waals surface area contributed by atoms with Gasteiger partial charge in [0.1, 0.15) is 5.75 Å². The van der Waals surface area contributed by atoms with Crippen LogP contribution in [0.3, 0.4) is 0 Å². The molecule has 1 aromatic heterocycles. The van der Waals surface area contributed by atoms with Crippen LogP contribution in [0.4, 0.5) is 0 Å². The van der Waals surface area contributed by atoms with E-state index in [0.29, 0.717) is 41.7 Å². The van der Waals surface area contributed by atoms with Crippen LogP contribution in [0.15, 0.2) is 53.1 Å². The summed E-state index contributed by atoms with van der Waals surface area (Å²) in [5.74, 6) is 1.86. The molecule has 7 heteroatoms. The van der Waals surface area contributed by atoms with E-state index in [-0.39, 0.29) is 11.8 Å². The first-order valence-corrected chi connectivity index (χ1v) is 9.46. The lowest BCUT2D eigenvalue weighted by molar-refractivity contribution is 0.0710. The maximum Gasteiger partial charge on any atom is 0.261 e. The first-order chi connectivity index (χ1) is 14.2. The number of likely N-dealkylation sites (tertiary alicyclic amines) is 1. The van der Waals surface area contributed by atoms with E-state index in [4.69, 9.17) is 14.5 Å². The van der Waals surface area contributed by atoms with Gasteiger partial charge >= 0.3 is 0 Å². The first-order valence-electron chi connectivity index (χ1n) is 9.46. The highest BCUT2D eigenvalue weighted by Crippen LogP contribution is 2.32. The number of nitriles is 1. The van der Waals surface area contributed by atoms with Crippen molar-refractivity contribution in [2.75, 3.05) is 20.2 Å². The Balaban J connectivity index is 1.43. The van der Waals surface area contributed by atoms with Crippen molar-refractivity contribution in [2.24, 2.45) is 0 Å². The first kappa shape index (κ1) is 18.7. The standard InChI is InChI=1S/C22H20N4O3/c1-28-19-8-3-2-7-18(19)21-24-20(25-29-21)16-9-11-26(12-10-16)22(27)17-6-4-5-15(13-17)14-23/h2-8,13,16H,9-12H2,1H3. The van der Waals surface area contributed by atoms with Crippen LogP contribution in [-0.4, -0.2) is 41.1 Å². The second-order valence-electron chi connectivity index (χ2n) is 6.92. The molecule has 29 heavy (non-hydrogen) atoms. The third-order valence-corrected chi connectivity index (χ3v) is 5.17. The maximum atomic E-state index is 12.7. The number of nitrogens with zero attached hydrogens (tertiary/aromatic N) is 4. The van der Waals surface area contributed by atoms with E-state index >= 15 is 0 Å². The Morgan fingerprint density at radius 1 is 1.21 bits per heavy atom. The average Bonchev–Trinajstić information content (AvgIpc) is 3.29. The third-order valence-electron chi connectivity index (χ3n) is 5.17. The van der Waals surface area contributed by atoms with Crippen LogP contribution in [0, 0.1) is 11.3 Å². The number of rotatable bonds is 4. The van der Waals surface area contributed by atoms with Gasteiger partial charge in [-0.3, -0.25) is 4.79 Å². The van der Waals surface area contributed by atoms with Crippen molar-refractivity contribution in [2.45, 2.75) is 18.8 Å². The summed E-state index contributed by atoms with van der Waals surface area (Å²) in [7, 11) is 1.61. The topological polar surface area (TPSA) is 92.2 Å². The number of hydrogen-bond donors (Lipinski definition) is 0. The quantitative estimate of drug-likeness (QED) is 0.678. The molecule has 1 fully saturated rings. The van der Waals surface area contributed by atoms with Crippen molar-refractivity contribution in [1.29, 1.82) is 5.26 Å². The number of carbonyl (C=O) groups excluding carboxylic acids is 1. The Morgan fingerprint density at radius 3 is 2.76 bits per heavy atom. The molecular weight excluding hydrogens is 368 g/mol. The van der Waals surface area contributed by atoms with E-state index in [0.717, 1.165) is 18.4 Å². The lowest BCUT2D eigenvalue weighted by Gasteiger charge is -2.30. The monoisotopic (exact) mass is 388 g/mol. The molecule has 0 N–H and O–H groups in total. The summed E-state index contributed by atoms with van der Waals surface area (Å²) in [5.41, 5.74) is 1.79. The largest absolute Gasteiger partial charge is 0.496 e. The molecule has 0 saturated carbocycles. The lowest BCUT2D eigenvalue weighted by Crippen LogP contribution is -2.38. The van der Waals surface area contributed by atoms with Crippen molar-refractivity contribution in [1.82, 2.24) is 15.0 Å². The normalized spacial score (nSPS) is 14.4. The molecule has 0 aliphatic carbocycles. The van der Waals surface area contributed by atoms with Crippen molar-refractivity contribution in [3.63, 3.8) is 0 Å². The van der Waals surface area contributed by atoms with Crippen LogP contribution in [0.25, 0.3) is 11.5 Å². The van der Waals surface area contributed by atoms with Gasteiger partial charge in [-0.15, -0.1) is 0 Å². The molecule has 0 bridgehead atoms. The number of para-hydroxylation sites is 1. The van der Waals surface area contributed by atoms with Crippen molar-refractivity contribution >= 4 is 5.91 Å². The second-order valence-corrected chi connectivity index (χ2v) is 6.92. The predicted octanol–water partition coefficient (Wildman–Crippen LogP) is 3.64. The summed E-state index contributed by atoms with van der Waals surface area (Å²) >= 11 is 0. The van der Waals surface area contributed by atoms with Gasteiger partial charge in [0.05, 0.1) is 24.3 Å². The summed E-state index contributed by atoms with van der Waals surface area (Å²) in [6.07, 6.45) is 1.52. The third kappa shape index (κ3) is 3.83. The van der Waals surface area contributed by atoms with Gasteiger partial charge in [0.25, 0.3) is 11.8 Å². The summed E-state index contributed by atoms with van der Waals surface area (Å²) in [5, 5.41) is 13.2. The van der Waals surface area contributed by atoms with Gasteiger partial charge < -0.3 is 14.2 Å². The average molecular weight is 388 g/mol. The number of methoxy groups -OCH3 is 1. The van der Waals surface area contributed by atoms with E-state index < -0.39 is 0 Å². The Hall–Kier alpha value is -3.66. The van der Waals surface area contributed by atoms with E-state index in [1.807, 2.05) is 29.2 Å². The molecule has 0 unspecified atom stereocenters.